The minimum Gasteiger partial charge on any atom is -0.428 e. The number of nitrogens with zero attached hydrogens (tertiary/aromatic N) is 3. The number of nitriles is 1. The fourth-order valence-electron chi connectivity index (χ4n) is 2.98. The number of nitrogens with one attached hydrogen (secondary N) is 1. The van der Waals surface area contributed by atoms with Crippen LogP contribution in [0.5, 0.6) is 0 Å². The van der Waals surface area contributed by atoms with E-state index in [0.29, 0.717) is 41.4 Å². The molecular weight excluding hydrogens is 439 g/mol. The third-order valence-corrected chi connectivity index (χ3v) is 5.34. The summed E-state index contributed by atoms with van der Waals surface area (Å²) in [5, 5.41) is 9.26. The molecule has 31 heavy (non-hydrogen) atoms. The van der Waals surface area contributed by atoms with Crippen LogP contribution in [0.1, 0.15) is 32.9 Å². The molecule has 1 amide bonds. The average Bonchev–Trinajstić information content (AvgIpc) is 3.14. The summed E-state index contributed by atoms with van der Waals surface area (Å²) in [6.07, 6.45) is 2.38. The molecular formula is C22H20ClFN4O2S. The molecule has 0 radical (unpaired) electrons. The van der Waals surface area contributed by atoms with Gasteiger partial charge in [0.15, 0.2) is 5.69 Å². The van der Waals surface area contributed by atoms with Crippen LogP contribution in [0.2, 0.25) is 5.02 Å². The molecule has 0 atom stereocenters. The van der Waals surface area contributed by atoms with Crippen molar-refractivity contribution < 1.29 is 13.6 Å². The number of hydrogen-bond donors (Lipinski definition) is 1. The van der Waals surface area contributed by atoms with Gasteiger partial charge >= 0.3 is 0 Å². The quantitative estimate of drug-likeness (QED) is 0.483. The third-order valence-electron chi connectivity index (χ3n) is 4.60. The van der Waals surface area contributed by atoms with E-state index in [0.717, 1.165) is 5.56 Å². The zero-order valence-electron chi connectivity index (χ0n) is 17.0. The summed E-state index contributed by atoms with van der Waals surface area (Å²) in [6.45, 7) is 2.50. The van der Waals surface area contributed by atoms with Crippen LogP contribution >= 0.6 is 23.5 Å². The minimum absolute atomic E-state index is 0.206. The zero-order valence-corrected chi connectivity index (χ0v) is 18.6. The van der Waals surface area contributed by atoms with E-state index in [4.69, 9.17) is 21.3 Å². The van der Waals surface area contributed by atoms with Gasteiger partial charge in [-0.15, -0.1) is 0 Å². The highest BCUT2D eigenvalue weighted by molar-refractivity contribution is 7.97. The molecule has 0 bridgehead atoms. The summed E-state index contributed by atoms with van der Waals surface area (Å²) in [4.78, 5) is 18.5. The van der Waals surface area contributed by atoms with E-state index in [1.807, 2.05) is 17.0 Å². The van der Waals surface area contributed by atoms with Crippen molar-refractivity contribution in [3.63, 3.8) is 0 Å². The second-order valence-corrected chi connectivity index (χ2v) is 7.77. The van der Waals surface area contributed by atoms with Gasteiger partial charge in [0.2, 0.25) is 0 Å². The molecule has 0 unspecified atom stereocenters. The molecule has 1 heterocycles. The fourth-order valence-corrected chi connectivity index (χ4v) is 3.49. The summed E-state index contributed by atoms with van der Waals surface area (Å²) in [5.41, 5.74) is 2.52. The predicted octanol–water partition coefficient (Wildman–Crippen LogP) is 4.90. The first kappa shape index (κ1) is 22.7. The van der Waals surface area contributed by atoms with Crippen LogP contribution in [-0.4, -0.2) is 23.7 Å². The van der Waals surface area contributed by atoms with E-state index in [9.17, 15) is 9.18 Å². The molecule has 3 rings (SSSR count). The van der Waals surface area contributed by atoms with Crippen molar-refractivity contribution in [2.24, 2.45) is 0 Å². The molecule has 2 aromatic carbocycles. The van der Waals surface area contributed by atoms with E-state index in [2.05, 4.69) is 15.8 Å². The van der Waals surface area contributed by atoms with Crippen molar-refractivity contribution in [2.75, 3.05) is 17.7 Å². The summed E-state index contributed by atoms with van der Waals surface area (Å²) in [5.74, 6) is -0.358. The molecule has 0 spiro atoms. The standard InChI is InChI=1S/C22H20ClFN4O2S/c1-14-20(21(29)27-31-2)26-22(30-14)28(13-17-7-8-18(24)11-19(17)23)10-9-15-3-5-16(12-25)6-4-15/h3-8,11H,9-10,13H2,1-2H3,(H,27,29). The first-order valence-corrected chi connectivity index (χ1v) is 11.0. The van der Waals surface area contributed by atoms with Crippen LogP contribution < -0.4 is 9.62 Å². The highest BCUT2D eigenvalue weighted by atomic mass is 35.5. The highest BCUT2D eigenvalue weighted by Gasteiger charge is 2.21. The maximum atomic E-state index is 13.5. The van der Waals surface area contributed by atoms with Crippen molar-refractivity contribution in [1.82, 2.24) is 9.71 Å². The monoisotopic (exact) mass is 458 g/mol. The maximum Gasteiger partial charge on any atom is 0.298 e. The van der Waals surface area contributed by atoms with Gasteiger partial charge < -0.3 is 9.32 Å². The second-order valence-electron chi connectivity index (χ2n) is 6.75. The molecule has 0 saturated heterocycles. The van der Waals surface area contributed by atoms with Gasteiger partial charge in [0, 0.05) is 24.4 Å². The number of amides is 1. The van der Waals surface area contributed by atoms with Crippen LogP contribution in [0.3, 0.4) is 0 Å². The molecule has 1 N–H and O–H groups in total. The van der Waals surface area contributed by atoms with Crippen molar-refractivity contribution in [1.29, 1.82) is 5.26 Å². The maximum absolute atomic E-state index is 13.5. The summed E-state index contributed by atoms with van der Waals surface area (Å²) < 4.78 is 21.9. The molecule has 9 heteroatoms. The Morgan fingerprint density at radius 2 is 2.06 bits per heavy atom. The Balaban J connectivity index is 1.87. The molecule has 0 aliphatic heterocycles. The number of anilines is 1. The number of carbonyl (C=O) groups is 1. The van der Waals surface area contributed by atoms with E-state index >= 15 is 0 Å². The lowest BCUT2D eigenvalue weighted by Gasteiger charge is -2.21. The average molecular weight is 459 g/mol. The molecule has 0 aliphatic carbocycles. The fraction of sp³-hybridized carbons (Fsp3) is 0.227. The highest BCUT2D eigenvalue weighted by Crippen LogP contribution is 2.25. The number of aromatic nitrogens is 1. The largest absolute Gasteiger partial charge is 0.428 e. The molecule has 0 saturated carbocycles. The Hall–Kier alpha value is -3.02. The minimum atomic E-state index is -0.416. The van der Waals surface area contributed by atoms with Crippen LogP contribution in [0.25, 0.3) is 0 Å². The van der Waals surface area contributed by atoms with Gasteiger partial charge in [-0.1, -0.05) is 41.7 Å². The van der Waals surface area contributed by atoms with Gasteiger partial charge in [-0.3, -0.25) is 9.52 Å². The Morgan fingerprint density at radius 3 is 2.71 bits per heavy atom. The number of halogens is 2. The van der Waals surface area contributed by atoms with Gasteiger partial charge in [-0.25, -0.2) is 4.39 Å². The summed E-state index contributed by atoms with van der Waals surface area (Å²) in [6, 6.07) is 13.9. The number of aryl methyl sites for hydroxylation is 1. The summed E-state index contributed by atoms with van der Waals surface area (Å²) >= 11 is 7.40. The molecule has 3 aromatic rings. The molecule has 0 fully saturated rings. The van der Waals surface area contributed by atoms with Crippen molar-refractivity contribution in [3.8, 4) is 6.07 Å². The Kier molecular flexibility index (Phi) is 7.55. The number of carbonyl (C=O) groups excluding carboxylic acids is 1. The Morgan fingerprint density at radius 1 is 1.32 bits per heavy atom. The molecule has 6 nitrogen and oxygen atoms in total. The lowest BCUT2D eigenvalue weighted by Crippen LogP contribution is -2.26. The number of hydrogen-bond acceptors (Lipinski definition) is 6. The van der Waals surface area contributed by atoms with Crippen LogP contribution in [0.15, 0.2) is 46.9 Å². The lowest BCUT2D eigenvalue weighted by molar-refractivity contribution is 0.0979. The van der Waals surface area contributed by atoms with E-state index in [1.54, 1.807) is 31.4 Å². The van der Waals surface area contributed by atoms with Gasteiger partial charge in [0.1, 0.15) is 11.6 Å². The Labute approximate surface area is 189 Å². The van der Waals surface area contributed by atoms with Crippen molar-refractivity contribution >= 4 is 35.5 Å². The van der Waals surface area contributed by atoms with Crippen LogP contribution in [0, 0.1) is 24.1 Å². The van der Waals surface area contributed by atoms with Gasteiger partial charge in [0.25, 0.3) is 11.9 Å². The smallest absolute Gasteiger partial charge is 0.298 e. The van der Waals surface area contributed by atoms with Gasteiger partial charge in [0.05, 0.1) is 11.6 Å². The normalized spacial score (nSPS) is 10.5. The zero-order chi connectivity index (χ0) is 22.4. The summed E-state index contributed by atoms with van der Waals surface area (Å²) in [7, 11) is 0. The first-order valence-electron chi connectivity index (χ1n) is 9.40. The Bertz CT molecular complexity index is 1110. The number of oxazole rings is 1. The van der Waals surface area contributed by atoms with E-state index in [1.165, 1.54) is 24.1 Å². The van der Waals surface area contributed by atoms with Crippen LogP contribution in [-0.2, 0) is 13.0 Å². The number of benzene rings is 2. The molecule has 160 valence electrons. The van der Waals surface area contributed by atoms with Gasteiger partial charge in [-0.2, -0.15) is 10.2 Å². The topological polar surface area (TPSA) is 82.2 Å². The van der Waals surface area contributed by atoms with Gasteiger partial charge in [-0.05, 0) is 48.7 Å². The van der Waals surface area contributed by atoms with E-state index in [-0.39, 0.29) is 17.6 Å². The first-order chi connectivity index (χ1) is 14.9. The van der Waals surface area contributed by atoms with Crippen LogP contribution in [0.4, 0.5) is 10.4 Å². The third kappa shape index (κ3) is 5.78. The predicted molar refractivity (Wildman–Crippen MR) is 120 cm³/mol. The molecule has 0 aliphatic rings. The lowest BCUT2D eigenvalue weighted by atomic mass is 10.1. The SMILES string of the molecule is CSNC(=O)c1nc(N(CCc2ccc(C#N)cc2)Cc2ccc(F)cc2Cl)oc1C. The van der Waals surface area contributed by atoms with Crippen molar-refractivity contribution in [3.05, 3.63) is 81.4 Å². The van der Waals surface area contributed by atoms with E-state index < -0.39 is 5.82 Å². The second kappa shape index (κ2) is 10.3. The van der Waals surface area contributed by atoms with Crippen molar-refractivity contribution in [2.45, 2.75) is 19.9 Å². The molecule has 1 aromatic heterocycles. The number of rotatable bonds is 8.